The van der Waals surface area contributed by atoms with E-state index in [4.69, 9.17) is 16.2 Å². The highest BCUT2D eigenvalue weighted by Gasteiger charge is 2.27. The Morgan fingerprint density at radius 3 is 2.06 bits per heavy atom. The number of hydrogen-bond donors (Lipinski definition) is 3. The summed E-state index contributed by atoms with van der Waals surface area (Å²) in [6.45, 7) is 10.3. The summed E-state index contributed by atoms with van der Waals surface area (Å²) in [5.74, 6) is 0. The average molecular weight is 683 g/mol. The number of sulfone groups is 2. The molecule has 12 heteroatoms. The van der Waals surface area contributed by atoms with E-state index in [-0.39, 0.29) is 21.9 Å². The fourth-order valence-electron chi connectivity index (χ4n) is 5.98. The van der Waals surface area contributed by atoms with Crippen LogP contribution in [0.15, 0.2) is 58.3 Å². The van der Waals surface area contributed by atoms with Crippen LogP contribution >= 0.6 is 0 Å². The molecule has 1 heterocycles. The molecule has 4 rings (SSSR count). The van der Waals surface area contributed by atoms with Gasteiger partial charge < -0.3 is 26.1 Å². The number of nitrogens with zero attached hydrogens (tertiary/aromatic N) is 1. The molecule has 0 saturated carbocycles. The number of benzene rings is 3. The Labute approximate surface area is 278 Å². The fraction of sp³-hybridized carbons (Fsp3) is 0.400. The minimum Gasteiger partial charge on any atom is -0.444 e. The van der Waals surface area contributed by atoms with Crippen LogP contribution in [0.5, 0.6) is 0 Å². The number of carbonyl (C=O) groups is 1. The van der Waals surface area contributed by atoms with Crippen LogP contribution < -0.4 is 11.5 Å². The standard InChI is InChI=1S/C35H46N4O6S2/c1-22-18-23(2)20-25(19-22)31-27(28-21-26(36)12-14-30(28)38-31)15-17-39(34(40)45-35(3,4)5)16-9-8-10-24-11-13-29(37)33(47(7,43)44)32(24)46(6,41)42/h11-14,18-21,38H,8-10,15-17,36-37H2,1-7H3. The lowest BCUT2D eigenvalue weighted by atomic mass is 9.99. The number of unbranched alkanes of at least 4 members (excludes halogenated alkanes) is 1. The van der Waals surface area contributed by atoms with E-state index >= 15 is 0 Å². The Kier molecular flexibility index (Phi) is 10.4. The topological polar surface area (TPSA) is 166 Å². The van der Waals surface area contributed by atoms with Gasteiger partial charge in [0.2, 0.25) is 0 Å². The second-order valence-corrected chi connectivity index (χ2v) is 17.3. The van der Waals surface area contributed by atoms with Crippen LogP contribution in [-0.4, -0.2) is 64.0 Å². The van der Waals surface area contributed by atoms with Gasteiger partial charge >= 0.3 is 6.09 Å². The second-order valence-electron chi connectivity index (χ2n) is 13.4. The summed E-state index contributed by atoms with van der Waals surface area (Å²) in [7, 11) is -7.80. The van der Waals surface area contributed by atoms with Crippen LogP contribution in [-0.2, 0) is 37.3 Å². The third-order valence-corrected chi connectivity index (χ3v) is 10.3. The molecule has 254 valence electrons. The van der Waals surface area contributed by atoms with Crippen molar-refractivity contribution in [1.82, 2.24) is 9.88 Å². The van der Waals surface area contributed by atoms with E-state index in [1.807, 2.05) is 39.0 Å². The Balaban J connectivity index is 1.61. The first-order valence-electron chi connectivity index (χ1n) is 15.5. The molecule has 0 spiro atoms. The smallest absolute Gasteiger partial charge is 0.410 e. The number of aromatic amines is 1. The number of hydrogen-bond acceptors (Lipinski definition) is 8. The van der Waals surface area contributed by atoms with Gasteiger partial charge in [-0.2, -0.15) is 0 Å². The molecule has 0 aliphatic carbocycles. The molecule has 0 fully saturated rings. The van der Waals surface area contributed by atoms with Gasteiger partial charge in [-0.25, -0.2) is 21.6 Å². The maximum absolute atomic E-state index is 13.4. The molecule has 1 amide bonds. The lowest BCUT2D eigenvalue weighted by Gasteiger charge is -2.27. The van der Waals surface area contributed by atoms with E-state index in [1.54, 1.807) is 11.0 Å². The van der Waals surface area contributed by atoms with Crippen LogP contribution in [0.3, 0.4) is 0 Å². The Hall–Kier alpha value is -4.03. The number of anilines is 2. The van der Waals surface area contributed by atoms with Crippen LogP contribution in [0.4, 0.5) is 16.2 Å². The quantitative estimate of drug-likeness (QED) is 0.124. The van der Waals surface area contributed by atoms with Crippen molar-refractivity contribution < 1.29 is 26.4 Å². The summed E-state index contributed by atoms with van der Waals surface area (Å²) < 4.78 is 56.2. The van der Waals surface area contributed by atoms with Crippen molar-refractivity contribution in [2.45, 2.75) is 75.7 Å². The molecule has 0 unspecified atom stereocenters. The monoisotopic (exact) mass is 682 g/mol. The van der Waals surface area contributed by atoms with Crippen molar-refractivity contribution in [3.8, 4) is 11.3 Å². The Bertz CT molecular complexity index is 2010. The number of ether oxygens (including phenoxy) is 1. The van der Waals surface area contributed by atoms with Crippen molar-refractivity contribution in [2.24, 2.45) is 0 Å². The Morgan fingerprint density at radius 2 is 1.47 bits per heavy atom. The predicted molar refractivity (Wildman–Crippen MR) is 189 cm³/mol. The molecule has 1 aromatic heterocycles. The molecule has 0 aliphatic heterocycles. The van der Waals surface area contributed by atoms with Gasteiger partial charge in [-0.3, -0.25) is 0 Å². The third-order valence-electron chi connectivity index (χ3n) is 7.81. The molecule has 10 nitrogen and oxygen atoms in total. The number of nitrogens with one attached hydrogen (secondary N) is 1. The number of fused-ring (bicyclic) bond motifs is 1. The number of nitrogen functional groups attached to an aromatic ring is 2. The molecule has 5 N–H and O–H groups in total. The number of nitrogens with two attached hydrogens (primary N) is 2. The van der Waals surface area contributed by atoms with E-state index in [1.165, 1.54) is 6.07 Å². The zero-order valence-corrected chi connectivity index (χ0v) is 29.9. The van der Waals surface area contributed by atoms with Gasteiger partial charge in [0.05, 0.1) is 10.6 Å². The number of rotatable bonds is 11. The van der Waals surface area contributed by atoms with E-state index < -0.39 is 31.4 Å². The zero-order valence-electron chi connectivity index (χ0n) is 28.2. The van der Waals surface area contributed by atoms with E-state index in [2.05, 4.69) is 37.0 Å². The molecule has 4 aromatic rings. The van der Waals surface area contributed by atoms with Gasteiger partial charge in [0, 0.05) is 47.9 Å². The summed E-state index contributed by atoms with van der Waals surface area (Å²) in [5, 5.41) is 0.988. The maximum Gasteiger partial charge on any atom is 0.410 e. The highest BCUT2D eigenvalue weighted by Crippen LogP contribution is 2.34. The van der Waals surface area contributed by atoms with E-state index in [9.17, 15) is 21.6 Å². The first kappa shape index (κ1) is 35.8. The number of H-pyrrole nitrogens is 1. The third kappa shape index (κ3) is 8.86. The van der Waals surface area contributed by atoms with Crippen LogP contribution in [0.2, 0.25) is 0 Å². The molecule has 0 atom stereocenters. The van der Waals surface area contributed by atoms with E-state index in [0.29, 0.717) is 43.6 Å². The van der Waals surface area contributed by atoms with Crippen LogP contribution in [0.25, 0.3) is 22.2 Å². The Morgan fingerprint density at radius 1 is 0.830 bits per heavy atom. The molecular weight excluding hydrogens is 637 g/mol. The lowest BCUT2D eigenvalue weighted by molar-refractivity contribution is 0.0249. The first-order valence-corrected chi connectivity index (χ1v) is 19.3. The second kappa shape index (κ2) is 13.6. The van der Waals surface area contributed by atoms with Crippen LogP contribution in [0.1, 0.15) is 55.9 Å². The minimum atomic E-state index is -3.90. The highest BCUT2D eigenvalue weighted by molar-refractivity contribution is 7.94. The maximum atomic E-state index is 13.4. The molecular formula is C35H46N4O6S2. The molecule has 0 radical (unpaired) electrons. The lowest BCUT2D eigenvalue weighted by Crippen LogP contribution is -2.38. The first-order chi connectivity index (χ1) is 21.7. The summed E-state index contributed by atoms with van der Waals surface area (Å²) in [5.41, 5.74) is 18.6. The molecule has 3 aromatic carbocycles. The molecule has 47 heavy (non-hydrogen) atoms. The van der Waals surface area contributed by atoms with Crippen LogP contribution in [0, 0.1) is 13.8 Å². The highest BCUT2D eigenvalue weighted by atomic mass is 32.2. The number of amides is 1. The molecule has 0 saturated heterocycles. The van der Waals surface area contributed by atoms with Gasteiger partial charge in [-0.15, -0.1) is 0 Å². The number of aryl methyl sites for hydroxylation is 3. The van der Waals surface area contributed by atoms with Gasteiger partial charge in [-0.1, -0.05) is 23.3 Å². The summed E-state index contributed by atoms with van der Waals surface area (Å²) in [6.07, 6.45) is 3.30. The normalized spacial score (nSPS) is 12.4. The van der Waals surface area contributed by atoms with Crippen molar-refractivity contribution in [1.29, 1.82) is 0 Å². The SMILES string of the molecule is Cc1cc(C)cc(-c2[nH]c3ccc(N)cc3c2CCN(CCCCc2ccc(N)c(S(C)(=O)=O)c2S(C)(=O)=O)C(=O)OC(C)(C)C)c1. The number of aromatic nitrogens is 1. The molecule has 0 bridgehead atoms. The van der Waals surface area contributed by atoms with Gasteiger partial charge in [0.25, 0.3) is 0 Å². The summed E-state index contributed by atoms with van der Waals surface area (Å²) >= 11 is 0. The summed E-state index contributed by atoms with van der Waals surface area (Å²) in [6, 6.07) is 15.1. The van der Waals surface area contributed by atoms with Crippen molar-refractivity contribution in [2.75, 3.05) is 37.1 Å². The van der Waals surface area contributed by atoms with Gasteiger partial charge in [0.1, 0.15) is 10.5 Å². The van der Waals surface area contributed by atoms with Gasteiger partial charge in [-0.05, 0) is 113 Å². The van der Waals surface area contributed by atoms with E-state index in [0.717, 1.165) is 51.4 Å². The summed E-state index contributed by atoms with van der Waals surface area (Å²) in [4.78, 5) is 18.0. The minimum absolute atomic E-state index is 0.105. The number of carbonyl (C=O) groups excluding carboxylic acids is 1. The zero-order chi connectivity index (χ0) is 34.9. The largest absolute Gasteiger partial charge is 0.444 e. The predicted octanol–water partition coefficient (Wildman–Crippen LogP) is 6.23. The van der Waals surface area contributed by atoms with Crippen molar-refractivity contribution in [3.63, 3.8) is 0 Å². The van der Waals surface area contributed by atoms with Crippen molar-refractivity contribution >= 4 is 48.0 Å². The molecule has 0 aliphatic rings. The van der Waals surface area contributed by atoms with Gasteiger partial charge in [0.15, 0.2) is 19.7 Å². The fourth-order valence-corrected chi connectivity index (χ4v) is 8.95. The van der Waals surface area contributed by atoms with Crippen molar-refractivity contribution in [3.05, 3.63) is 70.8 Å². The average Bonchev–Trinajstić information content (AvgIpc) is 3.28.